The lowest BCUT2D eigenvalue weighted by Gasteiger charge is -2.34. The number of piperazine rings is 1. The van der Waals surface area contributed by atoms with E-state index in [-0.39, 0.29) is 5.91 Å². The molecule has 7 heteroatoms. The quantitative estimate of drug-likeness (QED) is 0.804. The molecule has 1 aromatic rings. The van der Waals surface area contributed by atoms with Crippen LogP contribution in [0.5, 0.6) is 0 Å². The van der Waals surface area contributed by atoms with E-state index in [1.165, 1.54) is 0 Å². The van der Waals surface area contributed by atoms with Crippen molar-refractivity contribution in [3.05, 3.63) is 17.8 Å². The number of likely N-dealkylation sites (N-methyl/N-ethyl adjacent to an activating group) is 1. The summed E-state index contributed by atoms with van der Waals surface area (Å²) in [5.74, 6) is 0.848. The molecule has 0 spiro atoms. The fourth-order valence-electron chi connectivity index (χ4n) is 2.14. The summed E-state index contributed by atoms with van der Waals surface area (Å²) in [5.41, 5.74) is 0.323. The van der Waals surface area contributed by atoms with Crippen LogP contribution in [0.1, 0.15) is 12.6 Å². The molecular weight excluding hydrogens is 256 g/mol. The molecule has 2 rings (SSSR count). The highest BCUT2D eigenvalue weighted by molar-refractivity contribution is 5.77. The fraction of sp³-hybridized carbons (Fsp3) is 0.538. The molecule has 106 valence electrons. The Morgan fingerprint density at radius 3 is 2.65 bits per heavy atom. The highest BCUT2D eigenvalue weighted by atomic mass is 16.2. The number of nitrogens with zero attached hydrogens (tertiary/aromatic N) is 5. The number of nitrogens with one attached hydrogen (secondary N) is 1. The lowest BCUT2D eigenvalue weighted by Crippen LogP contribution is -2.49. The topological polar surface area (TPSA) is 85.2 Å². The van der Waals surface area contributed by atoms with Crippen LogP contribution < -0.4 is 10.2 Å². The van der Waals surface area contributed by atoms with Crippen molar-refractivity contribution in [2.45, 2.75) is 6.92 Å². The zero-order valence-electron chi connectivity index (χ0n) is 11.5. The summed E-state index contributed by atoms with van der Waals surface area (Å²) in [6.45, 7) is 6.28. The number of amides is 1. The predicted molar refractivity (Wildman–Crippen MR) is 74.1 cm³/mol. The van der Waals surface area contributed by atoms with Crippen LogP contribution in [-0.2, 0) is 4.79 Å². The van der Waals surface area contributed by atoms with Crippen LogP contribution in [-0.4, -0.2) is 60.3 Å². The number of hydrogen-bond acceptors (Lipinski definition) is 6. The highest BCUT2D eigenvalue weighted by Gasteiger charge is 2.19. The molecule has 1 aliphatic rings. The van der Waals surface area contributed by atoms with Crippen molar-refractivity contribution in [3.63, 3.8) is 0 Å². The molecule has 1 saturated heterocycles. The van der Waals surface area contributed by atoms with Gasteiger partial charge in [-0.25, -0.2) is 0 Å². The highest BCUT2D eigenvalue weighted by Crippen LogP contribution is 2.12. The summed E-state index contributed by atoms with van der Waals surface area (Å²) in [6, 6.07) is 5.43. The van der Waals surface area contributed by atoms with Gasteiger partial charge < -0.3 is 10.2 Å². The van der Waals surface area contributed by atoms with Gasteiger partial charge in [-0.2, -0.15) is 5.26 Å². The van der Waals surface area contributed by atoms with Crippen molar-refractivity contribution in [2.24, 2.45) is 0 Å². The van der Waals surface area contributed by atoms with Gasteiger partial charge in [0.05, 0.1) is 6.54 Å². The van der Waals surface area contributed by atoms with Gasteiger partial charge in [0.1, 0.15) is 6.07 Å². The van der Waals surface area contributed by atoms with E-state index < -0.39 is 0 Å². The molecule has 1 aromatic heterocycles. The third-order valence-electron chi connectivity index (χ3n) is 3.20. The second-order valence-corrected chi connectivity index (χ2v) is 4.61. The molecule has 20 heavy (non-hydrogen) atoms. The molecule has 0 bridgehead atoms. The maximum atomic E-state index is 11.5. The number of anilines is 1. The van der Waals surface area contributed by atoms with Crippen molar-refractivity contribution < 1.29 is 4.79 Å². The largest absolute Gasteiger partial charge is 0.355 e. The van der Waals surface area contributed by atoms with Crippen LogP contribution in [0.15, 0.2) is 12.1 Å². The number of carbonyl (C=O) groups excluding carboxylic acids is 1. The Labute approximate surface area is 118 Å². The first kappa shape index (κ1) is 14.2. The number of hydrogen-bond donors (Lipinski definition) is 1. The van der Waals surface area contributed by atoms with Gasteiger partial charge in [0.15, 0.2) is 11.5 Å². The molecule has 0 aromatic carbocycles. The van der Waals surface area contributed by atoms with Gasteiger partial charge in [0.2, 0.25) is 5.91 Å². The Hall–Kier alpha value is -2.20. The first-order valence-corrected chi connectivity index (χ1v) is 6.70. The minimum Gasteiger partial charge on any atom is -0.355 e. The van der Waals surface area contributed by atoms with Gasteiger partial charge in [-0.3, -0.25) is 9.69 Å². The van der Waals surface area contributed by atoms with Gasteiger partial charge in [-0.05, 0) is 19.1 Å². The van der Waals surface area contributed by atoms with E-state index in [2.05, 4.69) is 25.3 Å². The minimum atomic E-state index is 0.0686. The van der Waals surface area contributed by atoms with Crippen LogP contribution in [0.4, 0.5) is 5.82 Å². The van der Waals surface area contributed by atoms with Gasteiger partial charge in [0.25, 0.3) is 0 Å². The molecule has 1 amide bonds. The smallest absolute Gasteiger partial charge is 0.234 e. The second kappa shape index (κ2) is 6.82. The Morgan fingerprint density at radius 2 is 2.10 bits per heavy atom. The SMILES string of the molecule is CCNC(=O)CN1CCN(c2ccc(C#N)nn2)CC1. The van der Waals surface area contributed by atoms with Crippen LogP contribution >= 0.6 is 0 Å². The van der Waals surface area contributed by atoms with Gasteiger partial charge in [-0.15, -0.1) is 10.2 Å². The molecule has 1 fully saturated rings. The third kappa shape index (κ3) is 3.65. The lowest BCUT2D eigenvalue weighted by atomic mass is 10.3. The van der Waals surface area contributed by atoms with Crippen molar-refractivity contribution in [2.75, 3.05) is 44.2 Å². The van der Waals surface area contributed by atoms with Crippen LogP contribution in [0.2, 0.25) is 0 Å². The van der Waals surface area contributed by atoms with E-state index in [9.17, 15) is 4.79 Å². The summed E-state index contributed by atoms with van der Waals surface area (Å²) in [5, 5.41) is 19.4. The summed E-state index contributed by atoms with van der Waals surface area (Å²) in [7, 11) is 0. The number of nitriles is 1. The van der Waals surface area contributed by atoms with Crippen LogP contribution in [0.3, 0.4) is 0 Å². The van der Waals surface area contributed by atoms with E-state index in [1.54, 1.807) is 6.07 Å². The molecule has 0 aliphatic carbocycles. The number of carbonyl (C=O) groups is 1. The predicted octanol–water partition coefficient (Wildman–Crippen LogP) is -0.394. The zero-order chi connectivity index (χ0) is 14.4. The molecule has 7 nitrogen and oxygen atoms in total. The van der Waals surface area contributed by atoms with Crippen LogP contribution in [0, 0.1) is 11.3 Å². The molecule has 2 heterocycles. The van der Waals surface area contributed by atoms with Crippen LogP contribution in [0.25, 0.3) is 0 Å². The Morgan fingerprint density at radius 1 is 1.35 bits per heavy atom. The molecule has 0 radical (unpaired) electrons. The average Bonchev–Trinajstić information content (AvgIpc) is 2.48. The Kier molecular flexibility index (Phi) is 4.85. The summed E-state index contributed by atoms with van der Waals surface area (Å²) in [4.78, 5) is 15.8. The molecule has 1 N–H and O–H groups in total. The van der Waals surface area contributed by atoms with E-state index >= 15 is 0 Å². The monoisotopic (exact) mass is 274 g/mol. The van der Waals surface area contributed by atoms with E-state index in [4.69, 9.17) is 5.26 Å². The normalized spacial score (nSPS) is 15.7. The van der Waals surface area contributed by atoms with Crippen molar-refractivity contribution in [1.29, 1.82) is 5.26 Å². The van der Waals surface area contributed by atoms with Crippen molar-refractivity contribution in [3.8, 4) is 6.07 Å². The van der Waals surface area contributed by atoms with Gasteiger partial charge in [-0.1, -0.05) is 0 Å². The zero-order valence-corrected chi connectivity index (χ0v) is 11.5. The molecule has 0 saturated carbocycles. The standard InChI is InChI=1S/C13H18N6O/c1-2-15-13(20)10-18-5-7-19(8-6-18)12-4-3-11(9-14)16-17-12/h3-4H,2,5-8,10H2,1H3,(H,15,20). The van der Waals surface area contributed by atoms with E-state index in [0.717, 1.165) is 32.0 Å². The van der Waals surface area contributed by atoms with E-state index in [1.807, 2.05) is 19.1 Å². The molecule has 1 aliphatic heterocycles. The number of rotatable bonds is 4. The summed E-state index contributed by atoms with van der Waals surface area (Å²) >= 11 is 0. The molecule has 0 atom stereocenters. The second-order valence-electron chi connectivity index (χ2n) is 4.61. The first-order chi connectivity index (χ1) is 9.72. The molecular formula is C13H18N6O. The van der Waals surface area contributed by atoms with Crippen molar-refractivity contribution in [1.82, 2.24) is 20.4 Å². The van der Waals surface area contributed by atoms with E-state index in [0.29, 0.717) is 18.8 Å². The minimum absolute atomic E-state index is 0.0686. The third-order valence-corrected chi connectivity index (χ3v) is 3.20. The van der Waals surface area contributed by atoms with Gasteiger partial charge in [0, 0.05) is 32.7 Å². The first-order valence-electron chi connectivity index (χ1n) is 6.70. The van der Waals surface area contributed by atoms with Crippen molar-refractivity contribution >= 4 is 11.7 Å². The fourth-order valence-corrected chi connectivity index (χ4v) is 2.14. The maximum Gasteiger partial charge on any atom is 0.234 e. The average molecular weight is 274 g/mol. The lowest BCUT2D eigenvalue weighted by molar-refractivity contribution is -0.122. The summed E-state index contributed by atoms with van der Waals surface area (Å²) < 4.78 is 0. The van der Waals surface area contributed by atoms with Gasteiger partial charge >= 0.3 is 0 Å². The number of aromatic nitrogens is 2. The maximum absolute atomic E-state index is 11.5. The Bertz CT molecular complexity index is 487. The summed E-state index contributed by atoms with van der Waals surface area (Å²) in [6.07, 6.45) is 0. The molecule has 0 unspecified atom stereocenters. The Balaban J connectivity index is 1.84.